The molecule has 6 heteroatoms. The predicted octanol–water partition coefficient (Wildman–Crippen LogP) is 1.20. The van der Waals surface area contributed by atoms with Gasteiger partial charge in [-0.2, -0.15) is 0 Å². The van der Waals surface area contributed by atoms with Crippen LogP contribution in [0, 0.1) is 10.1 Å². The highest BCUT2D eigenvalue weighted by Gasteiger charge is 2.21. The summed E-state index contributed by atoms with van der Waals surface area (Å²) in [6.45, 7) is 0.695. The van der Waals surface area contributed by atoms with Gasteiger partial charge in [-0.1, -0.05) is 11.8 Å². The van der Waals surface area contributed by atoms with Crippen LogP contribution in [0.2, 0.25) is 0 Å². The summed E-state index contributed by atoms with van der Waals surface area (Å²) in [6, 6.07) is 0. The van der Waals surface area contributed by atoms with Gasteiger partial charge in [-0.3, -0.25) is 15.1 Å². The Labute approximate surface area is 87.0 Å². The summed E-state index contributed by atoms with van der Waals surface area (Å²) in [5, 5.41) is 11.3. The van der Waals surface area contributed by atoms with Gasteiger partial charge in [-0.15, -0.1) is 0 Å². The maximum atomic E-state index is 10.8. The SMILES string of the molecule is CN(C)/C=C(/C1=NCCCS1)[N+](=O)[O-]. The van der Waals surface area contributed by atoms with Crippen LogP contribution in [0.4, 0.5) is 0 Å². The molecule has 0 aromatic carbocycles. The first-order chi connectivity index (χ1) is 6.61. The Morgan fingerprint density at radius 3 is 2.86 bits per heavy atom. The average molecular weight is 215 g/mol. The standard InChI is InChI=1S/C8H13N3O2S/c1-10(2)6-7(11(12)13)8-9-4-3-5-14-8/h6H,3-5H2,1-2H3/b7-6-. The molecule has 0 aromatic rings. The Hall–Kier alpha value is -1.04. The van der Waals surface area contributed by atoms with Gasteiger partial charge in [-0.05, 0) is 6.42 Å². The van der Waals surface area contributed by atoms with E-state index < -0.39 is 0 Å². The summed E-state index contributed by atoms with van der Waals surface area (Å²) in [4.78, 5) is 16.2. The van der Waals surface area contributed by atoms with E-state index in [2.05, 4.69) is 4.99 Å². The van der Waals surface area contributed by atoms with E-state index in [1.807, 2.05) is 0 Å². The molecule has 1 heterocycles. The van der Waals surface area contributed by atoms with Crippen molar-refractivity contribution in [3.63, 3.8) is 0 Å². The van der Waals surface area contributed by atoms with Crippen LogP contribution in [0.25, 0.3) is 0 Å². The molecule has 0 aromatic heterocycles. The largest absolute Gasteiger partial charge is 0.378 e. The molecule has 0 aliphatic carbocycles. The molecule has 14 heavy (non-hydrogen) atoms. The maximum Gasteiger partial charge on any atom is 0.316 e. The Balaban J connectivity index is 2.87. The van der Waals surface area contributed by atoms with Gasteiger partial charge in [0.2, 0.25) is 0 Å². The lowest BCUT2D eigenvalue weighted by Gasteiger charge is -2.10. The van der Waals surface area contributed by atoms with E-state index in [0.29, 0.717) is 11.6 Å². The highest BCUT2D eigenvalue weighted by molar-refractivity contribution is 8.14. The number of nitro groups is 1. The van der Waals surface area contributed by atoms with Crippen molar-refractivity contribution in [2.24, 2.45) is 4.99 Å². The topological polar surface area (TPSA) is 58.7 Å². The molecule has 1 aliphatic rings. The van der Waals surface area contributed by atoms with Crippen molar-refractivity contribution in [3.8, 4) is 0 Å². The lowest BCUT2D eigenvalue weighted by Crippen LogP contribution is -2.16. The lowest BCUT2D eigenvalue weighted by atomic mass is 10.4. The van der Waals surface area contributed by atoms with E-state index in [1.165, 1.54) is 18.0 Å². The van der Waals surface area contributed by atoms with Gasteiger partial charge in [-0.25, -0.2) is 0 Å². The quantitative estimate of drug-likeness (QED) is 0.524. The van der Waals surface area contributed by atoms with E-state index in [9.17, 15) is 10.1 Å². The molecule has 1 aliphatic heterocycles. The average Bonchev–Trinajstić information content (AvgIpc) is 2.15. The van der Waals surface area contributed by atoms with Gasteiger partial charge >= 0.3 is 5.70 Å². The Kier molecular flexibility index (Phi) is 3.94. The third kappa shape index (κ3) is 3.02. The number of hydrogen-bond donors (Lipinski definition) is 0. The fourth-order valence-electron chi connectivity index (χ4n) is 1.04. The van der Waals surface area contributed by atoms with Crippen LogP contribution in [0.1, 0.15) is 6.42 Å². The molecule has 0 atom stereocenters. The first-order valence-electron chi connectivity index (χ1n) is 4.31. The zero-order valence-electron chi connectivity index (χ0n) is 8.27. The molecule has 5 nitrogen and oxygen atoms in total. The molecule has 0 amide bonds. The van der Waals surface area contributed by atoms with Crippen molar-refractivity contribution in [2.45, 2.75) is 6.42 Å². The van der Waals surface area contributed by atoms with E-state index in [1.54, 1.807) is 19.0 Å². The van der Waals surface area contributed by atoms with Crippen molar-refractivity contribution in [3.05, 3.63) is 22.0 Å². The van der Waals surface area contributed by atoms with Gasteiger partial charge in [0.25, 0.3) is 0 Å². The highest BCUT2D eigenvalue weighted by atomic mass is 32.2. The fourth-order valence-corrected chi connectivity index (χ4v) is 1.96. The Bertz CT molecular complexity index is 286. The molecular formula is C8H13N3O2S. The molecule has 0 spiro atoms. The molecule has 0 unspecified atom stereocenters. The fraction of sp³-hybridized carbons (Fsp3) is 0.625. The molecule has 0 saturated heterocycles. The summed E-state index contributed by atoms with van der Waals surface area (Å²) in [5.41, 5.74) is 0.0969. The molecule has 0 bridgehead atoms. The van der Waals surface area contributed by atoms with Crippen molar-refractivity contribution < 1.29 is 4.92 Å². The van der Waals surface area contributed by atoms with E-state index >= 15 is 0 Å². The molecule has 1 rings (SSSR count). The zero-order chi connectivity index (χ0) is 10.6. The minimum absolute atomic E-state index is 0.0969. The second-order valence-electron chi connectivity index (χ2n) is 3.12. The number of thioether (sulfide) groups is 1. The van der Waals surface area contributed by atoms with Gasteiger partial charge in [0.1, 0.15) is 0 Å². The molecular weight excluding hydrogens is 202 g/mol. The summed E-state index contributed by atoms with van der Waals surface area (Å²) in [7, 11) is 3.52. The van der Waals surface area contributed by atoms with Gasteiger partial charge < -0.3 is 4.90 Å². The zero-order valence-corrected chi connectivity index (χ0v) is 9.08. The van der Waals surface area contributed by atoms with Crippen LogP contribution < -0.4 is 0 Å². The van der Waals surface area contributed by atoms with Crippen LogP contribution in [0.15, 0.2) is 16.9 Å². The van der Waals surface area contributed by atoms with Crippen LogP contribution in [-0.4, -0.2) is 41.3 Å². The van der Waals surface area contributed by atoms with Crippen molar-refractivity contribution in [2.75, 3.05) is 26.4 Å². The Morgan fingerprint density at radius 2 is 2.43 bits per heavy atom. The molecule has 78 valence electrons. The first-order valence-corrected chi connectivity index (χ1v) is 5.30. The Morgan fingerprint density at radius 1 is 1.71 bits per heavy atom. The van der Waals surface area contributed by atoms with Crippen molar-refractivity contribution in [1.29, 1.82) is 0 Å². The summed E-state index contributed by atoms with van der Waals surface area (Å²) in [6.07, 6.45) is 2.50. The van der Waals surface area contributed by atoms with Crippen molar-refractivity contribution >= 4 is 16.8 Å². The van der Waals surface area contributed by atoms with Crippen LogP contribution in [-0.2, 0) is 0 Å². The number of rotatable bonds is 3. The predicted molar refractivity (Wildman–Crippen MR) is 58.1 cm³/mol. The van der Waals surface area contributed by atoms with Gasteiger partial charge in [0, 0.05) is 26.4 Å². The van der Waals surface area contributed by atoms with Gasteiger partial charge in [0.15, 0.2) is 5.04 Å². The lowest BCUT2D eigenvalue weighted by molar-refractivity contribution is -0.415. The highest BCUT2D eigenvalue weighted by Crippen LogP contribution is 2.19. The molecule has 0 N–H and O–H groups in total. The van der Waals surface area contributed by atoms with Crippen molar-refractivity contribution in [1.82, 2.24) is 4.90 Å². The number of nitrogens with zero attached hydrogens (tertiary/aromatic N) is 3. The number of aliphatic imine (C=N–C) groups is 1. The second kappa shape index (κ2) is 4.99. The summed E-state index contributed by atoms with van der Waals surface area (Å²) < 4.78 is 0. The normalized spacial score (nSPS) is 17.6. The monoisotopic (exact) mass is 215 g/mol. The molecule has 0 saturated carbocycles. The van der Waals surface area contributed by atoms with Crippen LogP contribution >= 0.6 is 11.8 Å². The second-order valence-corrected chi connectivity index (χ2v) is 4.21. The van der Waals surface area contributed by atoms with E-state index in [4.69, 9.17) is 0 Å². The number of hydrogen-bond acceptors (Lipinski definition) is 5. The minimum Gasteiger partial charge on any atom is -0.378 e. The summed E-state index contributed by atoms with van der Waals surface area (Å²) in [5.74, 6) is 0.914. The van der Waals surface area contributed by atoms with Crippen LogP contribution in [0.3, 0.4) is 0 Å². The maximum absolute atomic E-state index is 10.8. The van der Waals surface area contributed by atoms with E-state index in [0.717, 1.165) is 12.2 Å². The van der Waals surface area contributed by atoms with Gasteiger partial charge in [0.05, 0.1) is 11.1 Å². The molecule has 0 radical (unpaired) electrons. The minimum atomic E-state index is -0.378. The smallest absolute Gasteiger partial charge is 0.316 e. The molecule has 0 fully saturated rings. The van der Waals surface area contributed by atoms with Crippen LogP contribution in [0.5, 0.6) is 0 Å². The first kappa shape index (κ1) is 11.0. The third-order valence-corrected chi connectivity index (χ3v) is 2.70. The van der Waals surface area contributed by atoms with E-state index in [-0.39, 0.29) is 10.6 Å². The summed E-state index contributed by atoms with van der Waals surface area (Å²) >= 11 is 1.45. The third-order valence-electron chi connectivity index (χ3n) is 1.59.